The summed E-state index contributed by atoms with van der Waals surface area (Å²) in [4.78, 5) is 8.64. The molecule has 0 aliphatic heterocycles. The van der Waals surface area contributed by atoms with Crippen LogP contribution in [-0.4, -0.2) is 16.6 Å². The number of benzene rings is 1. The zero-order valence-electron chi connectivity index (χ0n) is 12.1. The van der Waals surface area contributed by atoms with Gasteiger partial charge in [0.15, 0.2) is 0 Å². The van der Waals surface area contributed by atoms with Crippen LogP contribution in [0.2, 0.25) is 0 Å². The summed E-state index contributed by atoms with van der Waals surface area (Å²) >= 11 is 0. The molecule has 0 aliphatic carbocycles. The summed E-state index contributed by atoms with van der Waals surface area (Å²) < 4.78 is 5.71. The van der Waals surface area contributed by atoms with Crippen LogP contribution >= 0.6 is 0 Å². The zero-order chi connectivity index (χ0) is 15.2. The Labute approximate surface area is 129 Å². The summed E-state index contributed by atoms with van der Waals surface area (Å²) in [5.74, 6) is 0.700. The highest BCUT2D eigenvalue weighted by Crippen LogP contribution is 2.18. The molecule has 3 rings (SSSR count). The summed E-state index contributed by atoms with van der Waals surface area (Å²) in [6.07, 6.45) is 3.45. The largest absolute Gasteiger partial charge is 0.490 e. The van der Waals surface area contributed by atoms with Crippen molar-refractivity contribution in [2.75, 3.05) is 6.61 Å². The van der Waals surface area contributed by atoms with Gasteiger partial charge in [-0.2, -0.15) is 0 Å². The minimum Gasteiger partial charge on any atom is -0.490 e. The molecule has 1 aromatic carbocycles. The molecule has 110 valence electrons. The molecular weight excluding hydrogens is 274 g/mol. The Morgan fingerprint density at radius 3 is 2.32 bits per heavy atom. The van der Waals surface area contributed by atoms with Crippen molar-refractivity contribution in [2.45, 2.75) is 6.04 Å². The van der Waals surface area contributed by atoms with Gasteiger partial charge in [0.25, 0.3) is 0 Å². The molecular formula is C18H17N3O. The van der Waals surface area contributed by atoms with Crippen LogP contribution in [0.4, 0.5) is 0 Å². The van der Waals surface area contributed by atoms with Gasteiger partial charge in [-0.3, -0.25) is 9.97 Å². The van der Waals surface area contributed by atoms with Crippen LogP contribution in [0.5, 0.6) is 5.75 Å². The second-order valence-electron chi connectivity index (χ2n) is 4.92. The van der Waals surface area contributed by atoms with Crippen molar-refractivity contribution in [1.29, 1.82) is 0 Å². The normalized spacial score (nSPS) is 11.9. The van der Waals surface area contributed by atoms with E-state index in [2.05, 4.69) is 9.97 Å². The number of nitrogens with two attached hydrogens (primary N) is 1. The summed E-state index contributed by atoms with van der Waals surface area (Å²) in [5, 5.41) is 0. The number of nitrogens with zero attached hydrogens (tertiary/aromatic N) is 2. The van der Waals surface area contributed by atoms with Gasteiger partial charge in [-0.1, -0.05) is 36.4 Å². The highest BCUT2D eigenvalue weighted by atomic mass is 16.5. The smallest absolute Gasteiger partial charge is 0.137 e. The van der Waals surface area contributed by atoms with E-state index in [1.165, 1.54) is 0 Å². The van der Waals surface area contributed by atoms with Gasteiger partial charge in [-0.05, 0) is 29.8 Å². The molecule has 0 unspecified atom stereocenters. The molecule has 3 aromatic rings. The van der Waals surface area contributed by atoms with Crippen LogP contribution in [0, 0.1) is 0 Å². The van der Waals surface area contributed by atoms with E-state index in [1.54, 1.807) is 12.4 Å². The second kappa shape index (κ2) is 6.83. The van der Waals surface area contributed by atoms with Crippen LogP contribution in [0.15, 0.2) is 73.1 Å². The Morgan fingerprint density at radius 2 is 1.64 bits per heavy atom. The van der Waals surface area contributed by atoms with Crippen LogP contribution < -0.4 is 10.5 Å². The lowest BCUT2D eigenvalue weighted by Gasteiger charge is -2.13. The maximum absolute atomic E-state index is 6.11. The molecule has 1 atom stereocenters. The van der Waals surface area contributed by atoms with Crippen molar-refractivity contribution in [2.24, 2.45) is 5.73 Å². The average molecular weight is 291 g/mol. The molecule has 4 nitrogen and oxygen atoms in total. The molecule has 0 saturated carbocycles. The third-order valence-corrected chi connectivity index (χ3v) is 3.32. The van der Waals surface area contributed by atoms with Crippen molar-refractivity contribution in [3.05, 3.63) is 78.6 Å². The van der Waals surface area contributed by atoms with E-state index < -0.39 is 0 Å². The lowest BCUT2D eigenvalue weighted by Crippen LogP contribution is -2.18. The molecule has 0 amide bonds. The fourth-order valence-electron chi connectivity index (χ4n) is 2.11. The van der Waals surface area contributed by atoms with E-state index in [0.29, 0.717) is 12.4 Å². The number of aromatic nitrogens is 2. The van der Waals surface area contributed by atoms with Crippen molar-refractivity contribution >= 4 is 0 Å². The second-order valence-corrected chi connectivity index (χ2v) is 4.92. The molecule has 0 aliphatic rings. The summed E-state index contributed by atoms with van der Waals surface area (Å²) in [5.41, 5.74) is 8.83. The van der Waals surface area contributed by atoms with E-state index in [0.717, 1.165) is 17.0 Å². The monoisotopic (exact) mass is 291 g/mol. The maximum Gasteiger partial charge on any atom is 0.137 e. The Kier molecular flexibility index (Phi) is 4.41. The summed E-state index contributed by atoms with van der Waals surface area (Å²) in [6, 6.07) is 19.3. The van der Waals surface area contributed by atoms with Crippen molar-refractivity contribution in [3.63, 3.8) is 0 Å². The molecule has 2 aromatic heterocycles. The Bertz CT molecular complexity index is 699. The molecule has 0 bridgehead atoms. The fourth-order valence-corrected chi connectivity index (χ4v) is 2.11. The molecule has 0 spiro atoms. The maximum atomic E-state index is 6.11. The van der Waals surface area contributed by atoms with E-state index in [9.17, 15) is 0 Å². The first-order chi connectivity index (χ1) is 10.8. The predicted molar refractivity (Wildman–Crippen MR) is 86.3 cm³/mol. The SMILES string of the molecule is N[C@H](COc1ccc(-c2ccccn2)nc1)c1ccccc1. The third kappa shape index (κ3) is 3.48. The van der Waals surface area contributed by atoms with Crippen LogP contribution in [0.1, 0.15) is 11.6 Å². The third-order valence-electron chi connectivity index (χ3n) is 3.32. The first kappa shape index (κ1) is 14.2. The Morgan fingerprint density at radius 1 is 0.864 bits per heavy atom. The van der Waals surface area contributed by atoms with Crippen LogP contribution in [0.3, 0.4) is 0 Å². The molecule has 0 saturated heterocycles. The molecule has 0 fully saturated rings. The highest BCUT2D eigenvalue weighted by Gasteiger charge is 2.07. The number of pyridine rings is 2. The number of rotatable bonds is 5. The summed E-state index contributed by atoms with van der Waals surface area (Å²) in [7, 11) is 0. The van der Waals surface area contributed by atoms with Crippen molar-refractivity contribution in [3.8, 4) is 17.1 Å². The highest BCUT2D eigenvalue weighted by molar-refractivity contribution is 5.53. The average Bonchev–Trinajstić information content (AvgIpc) is 2.61. The Hall–Kier alpha value is -2.72. The van der Waals surface area contributed by atoms with Gasteiger partial charge in [0.05, 0.1) is 23.6 Å². The van der Waals surface area contributed by atoms with Gasteiger partial charge in [0.2, 0.25) is 0 Å². The van der Waals surface area contributed by atoms with Gasteiger partial charge in [0, 0.05) is 6.20 Å². The van der Waals surface area contributed by atoms with Gasteiger partial charge in [-0.25, -0.2) is 0 Å². The molecule has 4 heteroatoms. The molecule has 2 heterocycles. The van der Waals surface area contributed by atoms with Crippen LogP contribution in [-0.2, 0) is 0 Å². The fraction of sp³-hybridized carbons (Fsp3) is 0.111. The van der Waals surface area contributed by atoms with E-state index in [4.69, 9.17) is 10.5 Å². The first-order valence-electron chi connectivity index (χ1n) is 7.14. The lowest BCUT2D eigenvalue weighted by atomic mass is 10.1. The minimum absolute atomic E-state index is 0.156. The Balaban J connectivity index is 1.62. The lowest BCUT2D eigenvalue weighted by molar-refractivity contribution is 0.289. The minimum atomic E-state index is -0.156. The zero-order valence-corrected chi connectivity index (χ0v) is 12.1. The first-order valence-corrected chi connectivity index (χ1v) is 7.14. The topological polar surface area (TPSA) is 61.0 Å². The van der Waals surface area contributed by atoms with Gasteiger partial charge in [-0.15, -0.1) is 0 Å². The predicted octanol–water partition coefficient (Wildman–Crippen LogP) is 3.22. The van der Waals surface area contributed by atoms with Crippen molar-refractivity contribution < 1.29 is 4.74 Å². The number of ether oxygens (including phenoxy) is 1. The van der Waals surface area contributed by atoms with E-state index in [-0.39, 0.29) is 6.04 Å². The number of hydrogen-bond acceptors (Lipinski definition) is 4. The molecule has 22 heavy (non-hydrogen) atoms. The standard InChI is InChI=1S/C18H17N3O/c19-16(14-6-2-1-3-7-14)13-22-15-9-10-18(21-12-15)17-8-4-5-11-20-17/h1-12,16H,13,19H2/t16-/m1/s1. The van der Waals surface area contributed by atoms with Crippen molar-refractivity contribution in [1.82, 2.24) is 9.97 Å². The quantitative estimate of drug-likeness (QED) is 0.784. The van der Waals surface area contributed by atoms with Gasteiger partial charge < -0.3 is 10.5 Å². The molecule has 0 radical (unpaired) electrons. The molecule has 2 N–H and O–H groups in total. The number of hydrogen-bond donors (Lipinski definition) is 1. The van der Waals surface area contributed by atoms with Gasteiger partial charge in [0.1, 0.15) is 12.4 Å². The van der Waals surface area contributed by atoms with Gasteiger partial charge >= 0.3 is 0 Å². The van der Waals surface area contributed by atoms with E-state index >= 15 is 0 Å². The van der Waals surface area contributed by atoms with E-state index in [1.807, 2.05) is 60.7 Å². The van der Waals surface area contributed by atoms with Crippen LogP contribution in [0.25, 0.3) is 11.4 Å². The summed E-state index contributed by atoms with van der Waals surface area (Å²) in [6.45, 7) is 0.411.